The van der Waals surface area contributed by atoms with Crippen molar-refractivity contribution in [3.8, 4) is 0 Å². The van der Waals surface area contributed by atoms with Crippen molar-refractivity contribution in [1.82, 2.24) is 25.0 Å². The van der Waals surface area contributed by atoms with E-state index in [1.54, 1.807) is 4.90 Å². The van der Waals surface area contributed by atoms with Gasteiger partial charge in [0.2, 0.25) is 5.89 Å². The molecule has 1 saturated heterocycles. The summed E-state index contributed by atoms with van der Waals surface area (Å²) < 4.78 is 5.32. The minimum absolute atomic E-state index is 0.0169. The number of carbonyl (C=O) groups is 1. The van der Waals surface area contributed by atoms with Crippen molar-refractivity contribution in [2.24, 2.45) is 5.92 Å². The molecule has 0 spiro atoms. The van der Waals surface area contributed by atoms with Gasteiger partial charge >= 0.3 is 5.69 Å². The second-order valence-electron chi connectivity index (χ2n) is 6.79. The number of nitrogens with zero attached hydrogens (tertiary/aromatic N) is 3. The Labute approximate surface area is 142 Å². The van der Waals surface area contributed by atoms with Crippen LogP contribution in [0.25, 0.3) is 0 Å². The van der Waals surface area contributed by atoms with Gasteiger partial charge in [-0.25, -0.2) is 4.79 Å². The summed E-state index contributed by atoms with van der Waals surface area (Å²) in [5, 5.41) is 4.02. The first-order chi connectivity index (χ1) is 12.1. The maximum absolute atomic E-state index is 12.6. The van der Waals surface area contributed by atoms with E-state index in [0.29, 0.717) is 31.3 Å². The quantitative estimate of drug-likeness (QED) is 0.827. The van der Waals surface area contributed by atoms with Crippen LogP contribution in [0.2, 0.25) is 0 Å². The van der Waals surface area contributed by atoms with Crippen molar-refractivity contribution < 1.29 is 9.32 Å². The number of rotatable bonds is 4. The first kappa shape index (κ1) is 15.8. The van der Waals surface area contributed by atoms with Gasteiger partial charge < -0.3 is 14.4 Å². The Hall–Kier alpha value is -2.71. The highest BCUT2D eigenvalue weighted by Gasteiger charge is 2.30. The first-order valence-corrected chi connectivity index (χ1v) is 8.54. The summed E-state index contributed by atoms with van der Waals surface area (Å²) in [5.74, 6) is 1.75. The number of piperidine rings is 1. The van der Waals surface area contributed by atoms with Crippen LogP contribution in [0, 0.1) is 5.92 Å². The van der Waals surface area contributed by atoms with Crippen LogP contribution in [-0.2, 0) is 6.42 Å². The molecule has 1 amide bonds. The van der Waals surface area contributed by atoms with Crippen LogP contribution in [0.15, 0.2) is 20.2 Å². The molecule has 1 atom stereocenters. The Morgan fingerprint density at radius 1 is 1.28 bits per heavy atom. The van der Waals surface area contributed by atoms with E-state index < -0.39 is 11.2 Å². The highest BCUT2D eigenvalue weighted by molar-refractivity contribution is 5.92. The van der Waals surface area contributed by atoms with Crippen LogP contribution in [-0.4, -0.2) is 44.0 Å². The van der Waals surface area contributed by atoms with Crippen molar-refractivity contribution in [3.05, 3.63) is 44.3 Å². The Morgan fingerprint density at radius 2 is 2.12 bits per heavy atom. The van der Waals surface area contributed by atoms with Crippen LogP contribution in [0.5, 0.6) is 0 Å². The van der Waals surface area contributed by atoms with Crippen LogP contribution in [0.1, 0.15) is 53.8 Å². The molecule has 9 nitrogen and oxygen atoms in total. The van der Waals surface area contributed by atoms with E-state index in [2.05, 4.69) is 20.1 Å². The maximum Gasteiger partial charge on any atom is 0.326 e. The molecule has 0 aromatic carbocycles. The summed E-state index contributed by atoms with van der Waals surface area (Å²) in [6.45, 7) is 1.14. The van der Waals surface area contributed by atoms with Crippen molar-refractivity contribution in [2.75, 3.05) is 13.1 Å². The Bertz CT molecular complexity index is 866. The summed E-state index contributed by atoms with van der Waals surface area (Å²) in [7, 11) is 0. The summed E-state index contributed by atoms with van der Waals surface area (Å²) in [5.41, 5.74) is -1.25. The normalized spacial score (nSPS) is 20.6. The molecule has 132 valence electrons. The number of likely N-dealkylation sites (tertiary alicyclic amines) is 1. The van der Waals surface area contributed by atoms with Gasteiger partial charge in [0.1, 0.15) is 5.69 Å². The first-order valence-electron chi connectivity index (χ1n) is 8.54. The van der Waals surface area contributed by atoms with Crippen molar-refractivity contribution in [2.45, 2.75) is 38.0 Å². The molecular weight excluding hydrogens is 326 g/mol. The maximum atomic E-state index is 12.6. The van der Waals surface area contributed by atoms with Crippen molar-refractivity contribution in [1.29, 1.82) is 0 Å². The average molecular weight is 345 g/mol. The number of aromatic nitrogens is 4. The molecule has 9 heteroatoms. The van der Waals surface area contributed by atoms with Gasteiger partial charge in [0.05, 0.1) is 0 Å². The number of carbonyl (C=O) groups excluding carboxylic acids is 1. The fourth-order valence-corrected chi connectivity index (χ4v) is 3.28. The molecule has 1 aliphatic heterocycles. The third kappa shape index (κ3) is 3.54. The van der Waals surface area contributed by atoms with Crippen LogP contribution in [0.3, 0.4) is 0 Å². The van der Waals surface area contributed by atoms with Crippen LogP contribution >= 0.6 is 0 Å². The Morgan fingerprint density at radius 3 is 2.88 bits per heavy atom. The smallest absolute Gasteiger partial charge is 0.326 e. The lowest BCUT2D eigenvalue weighted by molar-refractivity contribution is 0.0661. The number of nitrogens with one attached hydrogen (secondary N) is 2. The van der Waals surface area contributed by atoms with E-state index >= 15 is 0 Å². The molecular formula is C16H19N5O4. The van der Waals surface area contributed by atoms with Gasteiger partial charge in [-0.05, 0) is 31.6 Å². The standard InChI is InChI=1S/C16H19N5O4/c22-12-7-11(17-16(24)18-12)15(23)21-5-1-2-9(8-21)6-13-19-14(20-25-13)10-3-4-10/h7,9-10H,1-6,8H2,(H2,17,18,22,24). The van der Waals surface area contributed by atoms with Gasteiger partial charge in [0.25, 0.3) is 11.5 Å². The van der Waals surface area contributed by atoms with Crippen molar-refractivity contribution in [3.63, 3.8) is 0 Å². The highest BCUT2D eigenvalue weighted by atomic mass is 16.5. The second-order valence-corrected chi connectivity index (χ2v) is 6.79. The summed E-state index contributed by atoms with van der Waals surface area (Å²) >= 11 is 0. The lowest BCUT2D eigenvalue weighted by atomic mass is 9.94. The SMILES string of the molecule is O=C(c1cc(=O)[nH]c(=O)[nH]1)N1CCCC(Cc2nc(C3CC3)no2)C1. The number of H-pyrrole nitrogens is 2. The van der Waals surface area contributed by atoms with E-state index in [4.69, 9.17) is 4.52 Å². The molecule has 0 bridgehead atoms. The molecule has 2 aromatic rings. The number of hydrogen-bond donors (Lipinski definition) is 2. The molecule has 3 heterocycles. The van der Waals surface area contributed by atoms with E-state index in [9.17, 15) is 14.4 Å². The summed E-state index contributed by atoms with van der Waals surface area (Å²) in [6, 6.07) is 1.12. The van der Waals surface area contributed by atoms with Gasteiger partial charge in [-0.15, -0.1) is 0 Å². The average Bonchev–Trinajstić information content (AvgIpc) is 3.34. The third-order valence-corrected chi connectivity index (χ3v) is 4.69. The number of amides is 1. The fraction of sp³-hybridized carbons (Fsp3) is 0.562. The minimum atomic E-state index is -0.678. The fourth-order valence-electron chi connectivity index (χ4n) is 3.28. The monoisotopic (exact) mass is 345 g/mol. The molecule has 1 aliphatic carbocycles. The Balaban J connectivity index is 1.43. The molecule has 2 aromatic heterocycles. The summed E-state index contributed by atoms with van der Waals surface area (Å²) in [6.07, 6.45) is 4.71. The van der Waals surface area contributed by atoms with E-state index in [1.165, 1.54) is 0 Å². The minimum Gasteiger partial charge on any atom is -0.339 e. The zero-order chi connectivity index (χ0) is 17.4. The summed E-state index contributed by atoms with van der Waals surface area (Å²) in [4.78, 5) is 45.9. The van der Waals surface area contributed by atoms with Crippen molar-refractivity contribution >= 4 is 5.91 Å². The van der Waals surface area contributed by atoms with Crippen LogP contribution < -0.4 is 11.2 Å². The van der Waals surface area contributed by atoms with Crippen LogP contribution in [0.4, 0.5) is 0 Å². The number of hydrogen-bond acceptors (Lipinski definition) is 6. The third-order valence-electron chi connectivity index (χ3n) is 4.69. The van der Waals surface area contributed by atoms with E-state index in [0.717, 1.165) is 37.6 Å². The predicted molar refractivity (Wildman–Crippen MR) is 86.3 cm³/mol. The lowest BCUT2D eigenvalue weighted by Gasteiger charge is -2.32. The number of aromatic amines is 2. The van der Waals surface area contributed by atoms with Gasteiger partial charge in [-0.3, -0.25) is 14.6 Å². The molecule has 2 N–H and O–H groups in total. The van der Waals surface area contributed by atoms with Gasteiger partial charge in [-0.2, -0.15) is 4.98 Å². The topological polar surface area (TPSA) is 125 Å². The lowest BCUT2D eigenvalue weighted by Crippen LogP contribution is -2.42. The van der Waals surface area contributed by atoms with Gasteiger partial charge in [-0.1, -0.05) is 5.16 Å². The molecule has 1 unspecified atom stereocenters. The molecule has 2 fully saturated rings. The predicted octanol–water partition coefficient (Wildman–Crippen LogP) is 0.418. The molecule has 1 saturated carbocycles. The van der Waals surface area contributed by atoms with E-state index in [-0.39, 0.29) is 17.5 Å². The van der Waals surface area contributed by atoms with Gasteiger partial charge in [0, 0.05) is 31.5 Å². The zero-order valence-electron chi connectivity index (χ0n) is 13.7. The highest BCUT2D eigenvalue weighted by Crippen LogP contribution is 2.38. The largest absolute Gasteiger partial charge is 0.339 e. The van der Waals surface area contributed by atoms with E-state index in [1.807, 2.05) is 0 Å². The Kier molecular flexibility index (Phi) is 3.98. The molecule has 2 aliphatic rings. The zero-order valence-corrected chi connectivity index (χ0v) is 13.7. The van der Waals surface area contributed by atoms with Gasteiger partial charge in [0.15, 0.2) is 5.82 Å². The molecule has 4 rings (SSSR count). The molecule has 25 heavy (non-hydrogen) atoms. The second kappa shape index (κ2) is 6.30. The molecule has 0 radical (unpaired) electrons.